The third kappa shape index (κ3) is 3.16. The van der Waals surface area contributed by atoms with Crippen LogP contribution in [0.4, 0.5) is 22.0 Å². The molecule has 0 bridgehead atoms. The molecule has 0 aliphatic heterocycles. The third-order valence-electron chi connectivity index (χ3n) is 0.668. The molecule has 0 aliphatic carbocycles. The average molecular weight is 237 g/mol. The standard InChI is InChI=1S/C2HF5NO2S.K/c3-1(4,5)2(6,7)11(8,9)10;/h(H-,8,9,10);/q-1;+1. The molecular weight excluding hydrogens is 236 g/mol. The van der Waals surface area contributed by atoms with Crippen LogP contribution in [0.2, 0.25) is 0 Å². The first-order valence-corrected chi connectivity index (χ1v) is 3.42. The van der Waals surface area contributed by atoms with Crippen molar-refractivity contribution in [2.45, 2.75) is 11.4 Å². The second kappa shape index (κ2) is 4.15. The van der Waals surface area contributed by atoms with Gasteiger partial charge >= 0.3 is 62.8 Å². The largest absolute Gasteiger partial charge is 1.00 e. The topological polar surface area (TPSA) is 57.9 Å². The zero-order valence-corrected chi connectivity index (χ0v) is 9.55. The number of hydrogen-bond acceptors (Lipinski definition) is 2. The van der Waals surface area contributed by atoms with Gasteiger partial charge in [0.1, 0.15) is 10.0 Å². The minimum atomic E-state index is -6.23. The van der Waals surface area contributed by atoms with E-state index in [1.807, 2.05) is 0 Å². The van der Waals surface area contributed by atoms with Gasteiger partial charge in [0.05, 0.1) is 0 Å². The van der Waals surface area contributed by atoms with Crippen molar-refractivity contribution in [3.63, 3.8) is 0 Å². The van der Waals surface area contributed by atoms with Crippen LogP contribution in [0, 0.1) is 0 Å². The summed E-state index contributed by atoms with van der Waals surface area (Å²) in [5.41, 5.74) is 0. The van der Waals surface area contributed by atoms with Gasteiger partial charge in [0, 0.05) is 0 Å². The quantitative estimate of drug-likeness (QED) is 0.413. The van der Waals surface area contributed by atoms with Crippen molar-refractivity contribution >= 4 is 10.0 Å². The molecule has 0 aromatic heterocycles. The Morgan fingerprint density at radius 3 is 1.25 bits per heavy atom. The van der Waals surface area contributed by atoms with Crippen molar-refractivity contribution in [3.05, 3.63) is 5.14 Å². The van der Waals surface area contributed by atoms with Crippen molar-refractivity contribution < 1.29 is 81.8 Å². The molecule has 0 radical (unpaired) electrons. The fourth-order valence-corrected chi connectivity index (χ4v) is 0.457. The average Bonchev–Trinajstić information content (AvgIpc) is 1.58. The monoisotopic (exact) mass is 237 g/mol. The molecule has 0 unspecified atom stereocenters. The second-order valence-electron chi connectivity index (χ2n) is 1.52. The maximum absolute atomic E-state index is 11.5. The zero-order valence-electron chi connectivity index (χ0n) is 5.61. The summed E-state index contributed by atoms with van der Waals surface area (Å²) in [7, 11) is -6.17. The molecular formula is C2HF5KNO2S. The molecule has 0 amide bonds. The molecule has 0 fully saturated rings. The first-order valence-electron chi connectivity index (χ1n) is 1.94. The third-order valence-corrected chi connectivity index (χ3v) is 1.57. The van der Waals surface area contributed by atoms with Crippen LogP contribution in [-0.4, -0.2) is 19.8 Å². The van der Waals surface area contributed by atoms with Crippen molar-refractivity contribution in [3.8, 4) is 0 Å². The molecule has 0 aromatic carbocycles. The molecule has 0 saturated heterocycles. The molecule has 10 heteroatoms. The molecule has 0 rings (SSSR count). The predicted molar refractivity (Wildman–Crippen MR) is 24.2 cm³/mol. The Bertz CT molecular complexity index is 245. The van der Waals surface area contributed by atoms with E-state index in [0.717, 1.165) is 0 Å². The molecule has 0 heterocycles. The van der Waals surface area contributed by atoms with E-state index in [2.05, 4.69) is 0 Å². The number of alkyl halides is 5. The van der Waals surface area contributed by atoms with Gasteiger partial charge in [-0.3, -0.25) is 0 Å². The van der Waals surface area contributed by atoms with Gasteiger partial charge < -0.3 is 5.14 Å². The van der Waals surface area contributed by atoms with E-state index in [0.29, 0.717) is 0 Å². The van der Waals surface area contributed by atoms with Gasteiger partial charge in [-0.25, -0.2) is 8.42 Å². The summed E-state index contributed by atoms with van der Waals surface area (Å²) in [5.74, 6) is 0. The molecule has 0 aliphatic rings. The molecule has 0 spiro atoms. The van der Waals surface area contributed by atoms with Crippen LogP contribution in [0.15, 0.2) is 0 Å². The normalized spacial score (nSPS) is 13.8. The van der Waals surface area contributed by atoms with Gasteiger partial charge in [0.25, 0.3) is 0 Å². The van der Waals surface area contributed by atoms with Crippen molar-refractivity contribution in [1.82, 2.24) is 0 Å². The van der Waals surface area contributed by atoms with Gasteiger partial charge in [0.15, 0.2) is 0 Å². The summed E-state index contributed by atoms with van der Waals surface area (Å²) in [6.45, 7) is 0. The fourth-order valence-electron chi connectivity index (χ4n) is 0.152. The Morgan fingerprint density at radius 1 is 1.00 bits per heavy atom. The van der Waals surface area contributed by atoms with Crippen molar-refractivity contribution in [2.24, 2.45) is 0 Å². The van der Waals surface area contributed by atoms with E-state index in [-0.39, 0.29) is 51.4 Å². The Kier molecular flexibility index (Phi) is 5.41. The van der Waals surface area contributed by atoms with Gasteiger partial charge in [0.2, 0.25) is 0 Å². The Morgan fingerprint density at radius 2 is 1.25 bits per heavy atom. The van der Waals surface area contributed by atoms with E-state index < -0.39 is 21.5 Å². The van der Waals surface area contributed by atoms with Crippen LogP contribution < -0.4 is 51.4 Å². The number of halogens is 5. The van der Waals surface area contributed by atoms with Crippen molar-refractivity contribution in [1.29, 1.82) is 0 Å². The van der Waals surface area contributed by atoms with Gasteiger partial charge in [-0.2, -0.15) is 22.0 Å². The number of sulfonamides is 1. The van der Waals surface area contributed by atoms with Crippen LogP contribution in [0.3, 0.4) is 0 Å². The van der Waals surface area contributed by atoms with E-state index >= 15 is 0 Å². The van der Waals surface area contributed by atoms with Gasteiger partial charge in [-0.1, -0.05) is 0 Å². The summed E-state index contributed by atoms with van der Waals surface area (Å²) in [4.78, 5) is 0. The van der Waals surface area contributed by atoms with E-state index in [9.17, 15) is 30.4 Å². The Hall–Kier alpha value is 1.20. The summed E-state index contributed by atoms with van der Waals surface area (Å²) in [5, 5.41) is -0.494. The first-order chi connectivity index (χ1) is 4.50. The Balaban J connectivity index is 0. The molecule has 0 aromatic rings. The van der Waals surface area contributed by atoms with Gasteiger partial charge in [-0.15, -0.1) is 0 Å². The minimum absolute atomic E-state index is 0. The number of rotatable bonds is 1. The van der Waals surface area contributed by atoms with Crippen molar-refractivity contribution in [2.75, 3.05) is 0 Å². The minimum Gasteiger partial charge on any atom is -0.559 e. The fraction of sp³-hybridized carbons (Fsp3) is 1.00. The molecule has 1 N–H and O–H groups in total. The summed E-state index contributed by atoms with van der Waals surface area (Å²) < 4.78 is 75.3. The van der Waals surface area contributed by atoms with Crippen LogP contribution >= 0.6 is 0 Å². The Labute approximate surface area is 107 Å². The molecule has 0 saturated carbocycles. The molecule has 12 heavy (non-hydrogen) atoms. The van der Waals surface area contributed by atoms with Crippen LogP contribution in [-0.2, 0) is 10.0 Å². The van der Waals surface area contributed by atoms with Crippen LogP contribution in [0.1, 0.15) is 0 Å². The SMILES string of the molecule is [K+].[NH-]S(=O)(=O)C(F)(F)C(F)(F)F. The van der Waals surface area contributed by atoms with E-state index in [1.165, 1.54) is 0 Å². The molecule has 0 atom stereocenters. The summed E-state index contributed by atoms with van der Waals surface area (Å²) in [6, 6.07) is 0. The van der Waals surface area contributed by atoms with E-state index in [4.69, 9.17) is 5.14 Å². The first kappa shape index (κ1) is 15.7. The second-order valence-corrected chi connectivity index (χ2v) is 3.04. The van der Waals surface area contributed by atoms with E-state index in [1.54, 1.807) is 0 Å². The maximum atomic E-state index is 11.5. The van der Waals surface area contributed by atoms with Crippen LogP contribution in [0.25, 0.3) is 5.14 Å². The predicted octanol–water partition coefficient (Wildman–Crippen LogP) is -1.47. The smallest absolute Gasteiger partial charge is 0.559 e. The number of nitrogens with one attached hydrogen (secondary N) is 1. The van der Waals surface area contributed by atoms with Crippen LogP contribution in [0.5, 0.6) is 0 Å². The zero-order chi connectivity index (χ0) is 9.50. The summed E-state index contributed by atoms with van der Waals surface area (Å²) in [6.07, 6.45) is -6.23. The summed E-state index contributed by atoms with van der Waals surface area (Å²) >= 11 is 0. The molecule has 68 valence electrons. The molecule has 3 nitrogen and oxygen atoms in total. The number of hydrogen-bond donors (Lipinski definition) is 0. The maximum Gasteiger partial charge on any atom is 1.00 e. The van der Waals surface area contributed by atoms with Gasteiger partial charge in [-0.05, 0) is 0 Å².